The number of hydrogen-bond donors (Lipinski definition) is 1. The number of rotatable bonds is 6. The summed E-state index contributed by atoms with van der Waals surface area (Å²) in [5, 5.41) is 2.92. The molecule has 1 amide bonds. The monoisotopic (exact) mass is 352 g/mol. The number of amides is 1. The largest absolute Gasteiger partial charge is 0.354 e. The van der Waals surface area contributed by atoms with Gasteiger partial charge in [-0.2, -0.15) is 0 Å². The highest BCUT2D eigenvalue weighted by atomic mass is 32.2. The van der Waals surface area contributed by atoms with E-state index in [2.05, 4.69) is 5.32 Å². The summed E-state index contributed by atoms with van der Waals surface area (Å²) >= 11 is 0. The van der Waals surface area contributed by atoms with Crippen molar-refractivity contribution in [1.29, 1.82) is 0 Å². The second-order valence-corrected chi connectivity index (χ2v) is 8.61. The van der Waals surface area contributed by atoms with Crippen LogP contribution in [0.15, 0.2) is 18.2 Å². The van der Waals surface area contributed by atoms with Gasteiger partial charge in [-0.25, -0.2) is 8.42 Å². The molecule has 0 atom stereocenters. The molecule has 1 aliphatic carbocycles. The summed E-state index contributed by atoms with van der Waals surface area (Å²) in [6, 6.07) is 5.72. The number of hydrogen-bond acceptors (Lipinski definition) is 3. The number of sulfonamides is 1. The van der Waals surface area contributed by atoms with Gasteiger partial charge in [0.05, 0.1) is 18.5 Å². The molecule has 1 saturated carbocycles. The van der Waals surface area contributed by atoms with Gasteiger partial charge >= 0.3 is 0 Å². The van der Waals surface area contributed by atoms with Crippen molar-refractivity contribution >= 4 is 21.6 Å². The molecule has 134 valence electrons. The molecule has 0 saturated heterocycles. The lowest BCUT2D eigenvalue weighted by Crippen LogP contribution is -2.40. The average Bonchev–Trinajstić information content (AvgIpc) is 2.52. The summed E-state index contributed by atoms with van der Waals surface area (Å²) in [6.07, 6.45) is 6.52. The van der Waals surface area contributed by atoms with Crippen LogP contribution in [0.5, 0.6) is 0 Å². The van der Waals surface area contributed by atoms with E-state index in [-0.39, 0.29) is 18.4 Å². The molecule has 2 rings (SSSR count). The number of para-hydroxylation sites is 1. The Hall–Kier alpha value is -1.56. The first-order valence-electron chi connectivity index (χ1n) is 8.62. The van der Waals surface area contributed by atoms with Gasteiger partial charge in [0.25, 0.3) is 0 Å². The highest BCUT2D eigenvalue weighted by Crippen LogP contribution is 2.26. The zero-order valence-corrected chi connectivity index (χ0v) is 15.7. The summed E-state index contributed by atoms with van der Waals surface area (Å²) in [7, 11) is -3.40. The SMILES string of the molecule is Cc1cccc(C)c1N(CCNC(=O)C1CCCCC1)S(C)(=O)=O. The maximum atomic E-state index is 12.2. The third-order valence-electron chi connectivity index (χ3n) is 4.68. The third-order valence-corrected chi connectivity index (χ3v) is 5.85. The number of benzene rings is 1. The Labute approximate surface area is 145 Å². The quantitative estimate of drug-likeness (QED) is 0.856. The number of carbonyl (C=O) groups excluding carboxylic acids is 1. The topological polar surface area (TPSA) is 66.5 Å². The first kappa shape index (κ1) is 18.8. The fourth-order valence-electron chi connectivity index (χ4n) is 3.43. The lowest BCUT2D eigenvalue weighted by Gasteiger charge is -2.27. The van der Waals surface area contributed by atoms with Gasteiger partial charge in [-0.05, 0) is 37.8 Å². The van der Waals surface area contributed by atoms with Gasteiger partial charge < -0.3 is 5.32 Å². The summed E-state index contributed by atoms with van der Waals surface area (Å²) in [5.74, 6) is 0.148. The predicted octanol–water partition coefficient (Wildman–Crippen LogP) is 2.77. The van der Waals surface area contributed by atoms with Crippen LogP contribution < -0.4 is 9.62 Å². The van der Waals surface area contributed by atoms with E-state index in [4.69, 9.17) is 0 Å². The van der Waals surface area contributed by atoms with Crippen LogP contribution in [-0.2, 0) is 14.8 Å². The Morgan fingerprint density at radius 1 is 1.17 bits per heavy atom. The van der Waals surface area contributed by atoms with Gasteiger partial charge in [0.1, 0.15) is 0 Å². The van der Waals surface area contributed by atoms with Crippen LogP contribution in [0, 0.1) is 19.8 Å². The van der Waals surface area contributed by atoms with E-state index in [1.54, 1.807) is 0 Å². The van der Waals surface area contributed by atoms with E-state index >= 15 is 0 Å². The van der Waals surface area contributed by atoms with Crippen LogP contribution in [-0.4, -0.2) is 33.7 Å². The van der Waals surface area contributed by atoms with Gasteiger partial charge in [0, 0.05) is 12.5 Å². The molecule has 6 heteroatoms. The average molecular weight is 353 g/mol. The molecule has 1 aromatic rings. The Balaban J connectivity index is 2.04. The third kappa shape index (κ3) is 4.72. The van der Waals surface area contributed by atoms with Gasteiger partial charge in [0.2, 0.25) is 15.9 Å². The Bertz CT molecular complexity index is 659. The molecule has 5 nitrogen and oxygen atoms in total. The van der Waals surface area contributed by atoms with Gasteiger partial charge in [-0.1, -0.05) is 37.5 Å². The van der Waals surface area contributed by atoms with E-state index in [1.165, 1.54) is 17.0 Å². The molecule has 0 heterocycles. The molecule has 0 aromatic heterocycles. The number of anilines is 1. The van der Waals surface area contributed by atoms with Crippen LogP contribution >= 0.6 is 0 Å². The Morgan fingerprint density at radius 2 is 1.75 bits per heavy atom. The van der Waals surface area contributed by atoms with Crippen molar-refractivity contribution < 1.29 is 13.2 Å². The van der Waals surface area contributed by atoms with Crippen LogP contribution in [0.4, 0.5) is 5.69 Å². The zero-order chi connectivity index (χ0) is 17.7. The van der Waals surface area contributed by atoms with Crippen LogP contribution in [0.1, 0.15) is 43.2 Å². The molecule has 1 fully saturated rings. The lowest BCUT2D eigenvalue weighted by molar-refractivity contribution is -0.125. The van der Waals surface area contributed by atoms with Crippen LogP contribution in [0.3, 0.4) is 0 Å². The van der Waals surface area contributed by atoms with E-state index < -0.39 is 10.0 Å². The first-order chi connectivity index (χ1) is 11.3. The van der Waals surface area contributed by atoms with Crippen molar-refractivity contribution in [2.75, 3.05) is 23.7 Å². The molecule has 1 aliphatic rings. The number of nitrogens with zero attached hydrogens (tertiary/aromatic N) is 1. The minimum Gasteiger partial charge on any atom is -0.354 e. The molecule has 0 bridgehead atoms. The molecule has 0 aliphatic heterocycles. The summed E-state index contributed by atoms with van der Waals surface area (Å²) < 4.78 is 25.9. The van der Waals surface area contributed by atoms with E-state index in [0.29, 0.717) is 12.2 Å². The summed E-state index contributed by atoms with van der Waals surface area (Å²) in [5.41, 5.74) is 2.55. The molecule has 0 radical (unpaired) electrons. The second kappa shape index (κ2) is 8.01. The fraction of sp³-hybridized carbons (Fsp3) is 0.611. The minimum absolute atomic E-state index is 0.0599. The van der Waals surface area contributed by atoms with Gasteiger partial charge in [-0.3, -0.25) is 9.10 Å². The normalized spacial score (nSPS) is 16.0. The zero-order valence-electron chi connectivity index (χ0n) is 14.8. The molecule has 24 heavy (non-hydrogen) atoms. The lowest BCUT2D eigenvalue weighted by atomic mass is 9.89. The van der Waals surface area contributed by atoms with Crippen molar-refractivity contribution in [3.8, 4) is 0 Å². The van der Waals surface area contributed by atoms with Gasteiger partial charge in [0.15, 0.2) is 0 Å². The molecule has 1 aromatic carbocycles. The number of nitrogens with one attached hydrogen (secondary N) is 1. The maximum Gasteiger partial charge on any atom is 0.232 e. The number of aryl methyl sites for hydroxylation is 2. The molecular formula is C18H28N2O3S. The van der Waals surface area contributed by atoms with Gasteiger partial charge in [-0.15, -0.1) is 0 Å². The minimum atomic E-state index is -3.40. The van der Waals surface area contributed by atoms with Crippen molar-refractivity contribution in [2.24, 2.45) is 5.92 Å². The van der Waals surface area contributed by atoms with Crippen molar-refractivity contribution in [1.82, 2.24) is 5.32 Å². The highest BCUT2D eigenvalue weighted by molar-refractivity contribution is 7.92. The Morgan fingerprint density at radius 3 is 2.29 bits per heavy atom. The fourth-order valence-corrected chi connectivity index (χ4v) is 4.47. The van der Waals surface area contributed by atoms with E-state index in [9.17, 15) is 13.2 Å². The van der Waals surface area contributed by atoms with Crippen molar-refractivity contribution in [3.05, 3.63) is 29.3 Å². The maximum absolute atomic E-state index is 12.2. The van der Waals surface area contributed by atoms with E-state index in [1.807, 2.05) is 32.0 Å². The first-order valence-corrected chi connectivity index (χ1v) is 10.5. The Kier molecular flexibility index (Phi) is 6.27. The van der Waals surface area contributed by atoms with Crippen molar-refractivity contribution in [3.63, 3.8) is 0 Å². The van der Waals surface area contributed by atoms with Crippen LogP contribution in [0.25, 0.3) is 0 Å². The smallest absolute Gasteiger partial charge is 0.232 e. The summed E-state index contributed by atoms with van der Waals surface area (Å²) in [4.78, 5) is 12.2. The number of carbonyl (C=O) groups is 1. The standard InChI is InChI=1S/C18H28N2O3S/c1-14-8-7-9-15(2)17(14)20(24(3,22)23)13-12-19-18(21)16-10-5-4-6-11-16/h7-9,16H,4-6,10-13H2,1-3H3,(H,19,21). The molecule has 0 spiro atoms. The molecule has 1 N–H and O–H groups in total. The van der Waals surface area contributed by atoms with Crippen LogP contribution in [0.2, 0.25) is 0 Å². The van der Waals surface area contributed by atoms with Crippen molar-refractivity contribution in [2.45, 2.75) is 46.0 Å². The second-order valence-electron chi connectivity index (χ2n) is 6.70. The highest BCUT2D eigenvalue weighted by Gasteiger charge is 2.23. The molecular weight excluding hydrogens is 324 g/mol. The molecule has 0 unspecified atom stereocenters. The van der Waals surface area contributed by atoms with E-state index in [0.717, 1.165) is 36.8 Å². The summed E-state index contributed by atoms with van der Waals surface area (Å²) in [6.45, 7) is 4.39. The predicted molar refractivity (Wildman–Crippen MR) is 97.7 cm³/mol.